The fourth-order valence-corrected chi connectivity index (χ4v) is 5.69. The molecule has 9 nitrogen and oxygen atoms in total. The number of rotatable bonds is 6. The molecule has 1 atom stereocenters. The van der Waals surface area contributed by atoms with Crippen LogP contribution in [-0.2, 0) is 24.3 Å². The highest BCUT2D eigenvalue weighted by Gasteiger charge is 2.40. The number of carbonyl (C=O) groups is 2. The molecule has 2 heterocycles. The van der Waals surface area contributed by atoms with Crippen molar-refractivity contribution in [3.8, 4) is 5.75 Å². The van der Waals surface area contributed by atoms with Crippen molar-refractivity contribution in [1.82, 2.24) is 4.31 Å². The van der Waals surface area contributed by atoms with E-state index in [1.54, 1.807) is 31.2 Å². The molecule has 1 N–H and O–H groups in total. The predicted molar refractivity (Wildman–Crippen MR) is 123 cm³/mol. The van der Waals surface area contributed by atoms with Crippen LogP contribution in [0.5, 0.6) is 5.75 Å². The number of sulfonamides is 1. The minimum Gasteiger partial charge on any atom is -0.495 e. The first-order valence-electron chi connectivity index (χ1n) is 10.4. The number of amides is 2. The van der Waals surface area contributed by atoms with E-state index in [4.69, 9.17) is 21.1 Å². The van der Waals surface area contributed by atoms with E-state index in [1.165, 1.54) is 23.5 Å². The Morgan fingerprint density at radius 3 is 2.58 bits per heavy atom. The summed E-state index contributed by atoms with van der Waals surface area (Å²) in [7, 11) is -2.44. The van der Waals surface area contributed by atoms with Gasteiger partial charge in [-0.25, -0.2) is 13.3 Å². The van der Waals surface area contributed by atoms with E-state index in [2.05, 4.69) is 5.32 Å². The highest BCUT2D eigenvalue weighted by molar-refractivity contribution is 7.89. The number of methoxy groups -OCH3 is 1. The van der Waals surface area contributed by atoms with Crippen molar-refractivity contribution in [2.24, 2.45) is 0 Å². The molecule has 2 saturated heterocycles. The predicted octanol–water partition coefficient (Wildman–Crippen LogP) is 2.42. The zero-order valence-corrected chi connectivity index (χ0v) is 19.8. The summed E-state index contributed by atoms with van der Waals surface area (Å²) in [6.45, 7) is 2.86. The standard InChI is InChI=1S/C22H24ClN3O6S/c1-14-16(23)4-3-5-18(14)26-21(27)13-17(22(26)28)24-15-6-7-19(31-2)20(12-15)33(29,30)25-8-10-32-11-9-25/h3-7,12,17,24H,8-11,13H2,1-2H3/t17-/m1/s1. The maximum absolute atomic E-state index is 13.2. The van der Waals surface area contributed by atoms with Crippen molar-refractivity contribution in [3.05, 3.63) is 47.0 Å². The number of ether oxygens (including phenoxy) is 2. The summed E-state index contributed by atoms with van der Waals surface area (Å²) in [4.78, 5) is 26.8. The van der Waals surface area contributed by atoms with Gasteiger partial charge in [-0.3, -0.25) is 9.59 Å². The normalized spacial score (nSPS) is 19.7. The number of nitrogens with zero attached hydrogens (tertiary/aromatic N) is 2. The summed E-state index contributed by atoms with van der Waals surface area (Å²) in [6.07, 6.45) is -0.0671. The summed E-state index contributed by atoms with van der Waals surface area (Å²) in [6, 6.07) is 8.75. The second-order valence-corrected chi connectivity index (χ2v) is 10.0. The van der Waals surface area contributed by atoms with Gasteiger partial charge in [0.2, 0.25) is 15.9 Å². The van der Waals surface area contributed by atoms with Crippen LogP contribution in [0.25, 0.3) is 0 Å². The number of halogens is 1. The number of hydrogen-bond donors (Lipinski definition) is 1. The Kier molecular flexibility index (Phi) is 6.62. The molecule has 2 aromatic carbocycles. The van der Waals surface area contributed by atoms with Gasteiger partial charge in [0.1, 0.15) is 16.7 Å². The topological polar surface area (TPSA) is 105 Å². The van der Waals surface area contributed by atoms with Crippen LogP contribution in [0.15, 0.2) is 41.3 Å². The maximum atomic E-state index is 13.2. The molecule has 2 aromatic rings. The van der Waals surface area contributed by atoms with E-state index in [0.29, 0.717) is 35.2 Å². The molecular weight excluding hydrogens is 470 g/mol. The Bertz CT molecular complexity index is 1200. The quantitative estimate of drug-likeness (QED) is 0.616. The van der Waals surface area contributed by atoms with Crippen LogP contribution >= 0.6 is 11.6 Å². The van der Waals surface area contributed by atoms with Crippen molar-refractivity contribution in [3.63, 3.8) is 0 Å². The minimum atomic E-state index is -3.84. The molecule has 2 aliphatic heterocycles. The molecule has 0 aliphatic carbocycles. The molecule has 2 amide bonds. The number of morpholine rings is 1. The third-order valence-electron chi connectivity index (χ3n) is 5.72. The molecule has 0 radical (unpaired) electrons. The van der Waals surface area contributed by atoms with Crippen molar-refractivity contribution >= 4 is 44.8 Å². The molecule has 0 unspecified atom stereocenters. The van der Waals surface area contributed by atoms with Crippen LogP contribution in [0, 0.1) is 6.92 Å². The number of carbonyl (C=O) groups excluding carboxylic acids is 2. The molecule has 0 aromatic heterocycles. The van der Waals surface area contributed by atoms with Gasteiger partial charge in [0.05, 0.1) is 32.4 Å². The zero-order chi connectivity index (χ0) is 23.8. The fraction of sp³-hybridized carbons (Fsp3) is 0.364. The lowest BCUT2D eigenvalue weighted by Crippen LogP contribution is -2.40. The van der Waals surface area contributed by atoms with E-state index in [9.17, 15) is 18.0 Å². The second kappa shape index (κ2) is 9.30. The summed E-state index contributed by atoms with van der Waals surface area (Å²) >= 11 is 6.16. The van der Waals surface area contributed by atoms with E-state index < -0.39 is 22.0 Å². The van der Waals surface area contributed by atoms with Gasteiger partial charge in [0.15, 0.2) is 0 Å². The van der Waals surface area contributed by atoms with E-state index in [1.807, 2.05) is 0 Å². The highest BCUT2D eigenvalue weighted by Crippen LogP contribution is 2.33. The molecule has 0 saturated carbocycles. The van der Waals surface area contributed by atoms with Gasteiger partial charge in [-0.1, -0.05) is 17.7 Å². The molecule has 176 valence electrons. The highest BCUT2D eigenvalue weighted by atomic mass is 35.5. The first-order chi connectivity index (χ1) is 15.7. The molecule has 0 spiro atoms. The summed E-state index contributed by atoms with van der Waals surface area (Å²) in [5.74, 6) is -0.603. The molecule has 33 heavy (non-hydrogen) atoms. The number of anilines is 2. The van der Waals surface area contributed by atoms with Crippen molar-refractivity contribution in [2.75, 3.05) is 43.6 Å². The number of nitrogens with one attached hydrogen (secondary N) is 1. The number of hydrogen-bond acceptors (Lipinski definition) is 7. The smallest absolute Gasteiger partial charge is 0.256 e. The lowest BCUT2D eigenvalue weighted by Gasteiger charge is -2.27. The molecule has 2 fully saturated rings. The van der Waals surface area contributed by atoms with Crippen molar-refractivity contribution in [1.29, 1.82) is 0 Å². The first-order valence-corrected chi connectivity index (χ1v) is 12.2. The average Bonchev–Trinajstić information content (AvgIpc) is 3.09. The summed E-state index contributed by atoms with van der Waals surface area (Å²) < 4.78 is 38.3. The lowest BCUT2D eigenvalue weighted by atomic mass is 10.2. The molecule has 11 heteroatoms. The second-order valence-electron chi connectivity index (χ2n) is 7.73. The van der Waals surface area contributed by atoms with Gasteiger partial charge >= 0.3 is 0 Å². The van der Waals surface area contributed by atoms with Crippen LogP contribution in [0.2, 0.25) is 5.02 Å². The van der Waals surface area contributed by atoms with Crippen LogP contribution in [0.1, 0.15) is 12.0 Å². The van der Waals surface area contributed by atoms with Gasteiger partial charge in [-0.05, 0) is 42.8 Å². The summed E-state index contributed by atoms with van der Waals surface area (Å²) in [5.41, 5.74) is 1.45. The Hall–Kier alpha value is -2.66. The minimum absolute atomic E-state index is 0.0174. The Labute approximate surface area is 197 Å². The van der Waals surface area contributed by atoms with Gasteiger partial charge in [-0.15, -0.1) is 0 Å². The van der Waals surface area contributed by atoms with Crippen LogP contribution < -0.4 is 15.0 Å². The van der Waals surface area contributed by atoms with E-state index in [-0.39, 0.29) is 36.1 Å². The van der Waals surface area contributed by atoms with Crippen molar-refractivity contribution < 1.29 is 27.5 Å². The number of benzene rings is 2. The van der Waals surface area contributed by atoms with Crippen LogP contribution in [0.3, 0.4) is 0 Å². The molecule has 2 aliphatic rings. The first kappa shape index (κ1) is 23.5. The SMILES string of the molecule is COc1ccc(N[C@@H]2CC(=O)N(c3cccc(Cl)c3C)C2=O)cc1S(=O)(=O)N1CCOCC1. The molecular formula is C22H24ClN3O6S. The van der Waals surface area contributed by atoms with E-state index >= 15 is 0 Å². The Morgan fingerprint density at radius 1 is 1.15 bits per heavy atom. The maximum Gasteiger partial charge on any atom is 0.256 e. The molecule has 4 rings (SSSR count). The average molecular weight is 494 g/mol. The largest absolute Gasteiger partial charge is 0.495 e. The third kappa shape index (κ3) is 4.43. The fourth-order valence-electron chi connectivity index (χ4n) is 3.93. The van der Waals surface area contributed by atoms with Crippen LogP contribution in [-0.4, -0.2) is 64.0 Å². The third-order valence-corrected chi connectivity index (χ3v) is 8.05. The zero-order valence-electron chi connectivity index (χ0n) is 18.2. The summed E-state index contributed by atoms with van der Waals surface area (Å²) in [5, 5.41) is 3.47. The lowest BCUT2D eigenvalue weighted by molar-refractivity contribution is -0.121. The monoisotopic (exact) mass is 493 g/mol. The molecule has 0 bridgehead atoms. The van der Waals surface area contributed by atoms with Crippen LogP contribution in [0.4, 0.5) is 11.4 Å². The Morgan fingerprint density at radius 2 is 1.88 bits per heavy atom. The van der Waals surface area contributed by atoms with Crippen molar-refractivity contribution in [2.45, 2.75) is 24.3 Å². The van der Waals surface area contributed by atoms with Gasteiger partial charge in [-0.2, -0.15) is 4.31 Å². The van der Waals surface area contributed by atoms with E-state index in [0.717, 1.165) is 4.90 Å². The number of imide groups is 1. The van der Waals surface area contributed by atoms with Gasteiger partial charge < -0.3 is 14.8 Å². The van der Waals surface area contributed by atoms with Gasteiger partial charge in [0, 0.05) is 23.8 Å². The van der Waals surface area contributed by atoms with Gasteiger partial charge in [0.25, 0.3) is 5.91 Å². The Balaban J connectivity index is 1.61.